The van der Waals surface area contributed by atoms with E-state index in [-0.39, 0.29) is 11.3 Å². The summed E-state index contributed by atoms with van der Waals surface area (Å²) in [6.45, 7) is 0.850. The van der Waals surface area contributed by atoms with Crippen molar-refractivity contribution in [3.05, 3.63) is 22.4 Å². The Morgan fingerprint density at radius 2 is 1.95 bits per heavy atom. The Labute approximate surface area is 126 Å². The molecule has 0 saturated heterocycles. The summed E-state index contributed by atoms with van der Waals surface area (Å²) in [5, 5.41) is 5.46. The molecule has 1 N–H and O–H groups in total. The molecule has 0 unspecified atom stereocenters. The first-order valence-electron chi connectivity index (χ1n) is 8.12. The van der Waals surface area contributed by atoms with Crippen LogP contribution in [-0.4, -0.2) is 12.5 Å². The van der Waals surface area contributed by atoms with Gasteiger partial charge in [0.15, 0.2) is 0 Å². The van der Waals surface area contributed by atoms with Crippen LogP contribution in [0, 0.1) is 5.92 Å². The third-order valence-corrected chi connectivity index (χ3v) is 6.30. The molecule has 0 aromatic carbocycles. The van der Waals surface area contributed by atoms with E-state index >= 15 is 0 Å². The highest BCUT2D eigenvalue weighted by molar-refractivity contribution is 7.10. The zero-order valence-corrected chi connectivity index (χ0v) is 13.0. The number of hydrogen-bond acceptors (Lipinski definition) is 2. The van der Waals surface area contributed by atoms with E-state index < -0.39 is 0 Å². The van der Waals surface area contributed by atoms with E-state index in [1.807, 2.05) is 11.3 Å². The van der Waals surface area contributed by atoms with Crippen molar-refractivity contribution in [1.29, 1.82) is 0 Å². The summed E-state index contributed by atoms with van der Waals surface area (Å²) in [5.74, 6) is 0.595. The summed E-state index contributed by atoms with van der Waals surface area (Å²) >= 11 is 1.85. The predicted octanol–water partition coefficient (Wildman–Crippen LogP) is 4.26. The van der Waals surface area contributed by atoms with Gasteiger partial charge < -0.3 is 5.32 Å². The molecule has 3 rings (SSSR count). The summed E-state index contributed by atoms with van der Waals surface area (Å²) in [5.41, 5.74) is 0.235. The van der Waals surface area contributed by atoms with Gasteiger partial charge >= 0.3 is 0 Å². The normalized spacial score (nSPS) is 22.8. The molecule has 3 heteroatoms. The Morgan fingerprint density at radius 3 is 2.60 bits per heavy atom. The minimum atomic E-state index is 0.235. The van der Waals surface area contributed by atoms with Crippen LogP contribution in [0.15, 0.2) is 17.5 Å². The number of carbonyl (C=O) groups excluding carboxylic acids is 1. The van der Waals surface area contributed by atoms with Crippen LogP contribution in [0.3, 0.4) is 0 Å². The van der Waals surface area contributed by atoms with Crippen molar-refractivity contribution in [2.75, 3.05) is 6.54 Å². The fourth-order valence-corrected chi connectivity index (χ4v) is 4.89. The number of thiophene rings is 1. The lowest BCUT2D eigenvalue weighted by Gasteiger charge is -2.30. The van der Waals surface area contributed by atoms with E-state index in [4.69, 9.17) is 0 Å². The summed E-state index contributed by atoms with van der Waals surface area (Å²) in [7, 11) is 0. The molecule has 2 nitrogen and oxygen atoms in total. The lowest BCUT2D eigenvalue weighted by atomic mass is 9.83. The molecule has 2 saturated carbocycles. The van der Waals surface area contributed by atoms with Crippen molar-refractivity contribution < 1.29 is 4.79 Å². The smallest absolute Gasteiger partial charge is 0.223 e. The quantitative estimate of drug-likeness (QED) is 0.882. The number of hydrogen-bond donors (Lipinski definition) is 1. The van der Waals surface area contributed by atoms with E-state index in [0.29, 0.717) is 5.91 Å². The van der Waals surface area contributed by atoms with Gasteiger partial charge in [0.1, 0.15) is 0 Å². The van der Waals surface area contributed by atoms with Gasteiger partial charge in [0, 0.05) is 22.8 Å². The van der Waals surface area contributed by atoms with Gasteiger partial charge in [0.2, 0.25) is 5.91 Å². The molecule has 1 heterocycles. The van der Waals surface area contributed by atoms with Crippen molar-refractivity contribution in [2.24, 2.45) is 5.92 Å². The van der Waals surface area contributed by atoms with Crippen LogP contribution in [0.5, 0.6) is 0 Å². The Balaban J connectivity index is 1.61. The second kappa shape index (κ2) is 6.30. The summed E-state index contributed by atoms with van der Waals surface area (Å²) in [4.78, 5) is 13.8. The van der Waals surface area contributed by atoms with Crippen LogP contribution < -0.4 is 5.32 Å². The van der Waals surface area contributed by atoms with E-state index in [2.05, 4.69) is 22.8 Å². The number of carbonyl (C=O) groups is 1. The molecule has 0 bridgehead atoms. The van der Waals surface area contributed by atoms with Crippen LogP contribution in [0.25, 0.3) is 0 Å². The molecule has 2 aliphatic carbocycles. The van der Waals surface area contributed by atoms with Crippen LogP contribution in [0.2, 0.25) is 0 Å². The third-order valence-electron chi connectivity index (χ3n) is 5.18. The molecular weight excluding hydrogens is 266 g/mol. The second-order valence-electron chi connectivity index (χ2n) is 6.52. The van der Waals surface area contributed by atoms with Gasteiger partial charge in [-0.05, 0) is 37.1 Å². The molecule has 0 aliphatic heterocycles. The molecule has 1 amide bonds. The monoisotopic (exact) mass is 291 g/mol. The predicted molar refractivity (Wildman–Crippen MR) is 84.0 cm³/mol. The van der Waals surface area contributed by atoms with Crippen molar-refractivity contribution in [1.82, 2.24) is 5.32 Å². The van der Waals surface area contributed by atoms with Crippen molar-refractivity contribution in [2.45, 2.75) is 63.2 Å². The van der Waals surface area contributed by atoms with Crippen molar-refractivity contribution in [3.63, 3.8) is 0 Å². The lowest BCUT2D eigenvalue weighted by Crippen LogP contribution is -2.41. The molecule has 20 heavy (non-hydrogen) atoms. The van der Waals surface area contributed by atoms with Gasteiger partial charge in [0.05, 0.1) is 0 Å². The Kier molecular flexibility index (Phi) is 4.45. The van der Waals surface area contributed by atoms with Gasteiger partial charge in [-0.1, -0.05) is 38.2 Å². The highest BCUT2D eigenvalue weighted by Crippen LogP contribution is 2.42. The van der Waals surface area contributed by atoms with E-state index in [0.717, 1.165) is 19.4 Å². The highest BCUT2D eigenvalue weighted by atomic mass is 32.1. The maximum absolute atomic E-state index is 12.4. The average molecular weight is 291 g/mol. The first-order chi connectivity index (χ1) is 9.80. The fourth-order valence-electron chi connectivity index (χ4n) is 3.91. The molecule has 0 spiro atoms. The minimum absolute atomic E-state index is 0.235. The topological polar surface area (TPSA) is 29.1 Å². The van der Waals surface area contributed by atoms with E-state index in [1.165, 1.54) is 49.8 Å². The van der Waals surface area contributed by atoms with Crippen LogP contribution in [0.4, 0.5) is 0 Å². The fraction of sp³-hybridized carbons (Fsp3) is 0.706. The zero-order chi connectivity index (χ0) is 13.8. The molecule has 110 valence electrons. The summed E-state index contributed by atoms with van der Waals surface area (Å²) in [6, 6.07) is 4.39. The van der Waals surface area contributed by atoms with Crippen LogP contribution >= 0.6 is 11.3 Å². The van der Waals surface area contributed by atoms with Crippen LogP contribution in [0.1, 0.15) is 62.7 Å². The largest absolute Gasteiger partial charge is 0.355 e. The summed E-state index contributed by atoms with van der Waals surface area (Å²) < 4.78 is 0. The minimum Gasteiger partial charge on any atom is -0.355 e. The van der Waals surface area contributed by atoms with E-state index in [1.54, 1.807) is 0 Å². The van der Waals surface area contributed by atoms with Gasteiger partial charge in [-0.15, -0.1) is 11.3 Å². The molecule has 2 fully saturated rings. The maximum atomic E-state index is 12.4. The first kappa shape index (κ1) is 14.1. The van der Waals surface area contributed by atoms with Gasteiger partial charge in [0.25, 0.3) is 0 Å². The first-order valence-corrected chi connectivity index (χ1v) is 9.00. The number of rotatable bonds is 4. The summed E-state index contributed by atoms with van der Waals surface area (Å²) in [6.07, 6.45) is 11.0. The van der Waals surface area contributed by atoms with Gasteiger partial charge in [-0.3, -0.25) is 4.79 Å². The zero-order valence-electron chi connectivity index (χ0n) is 12.2. The van der Waals surface area contributed by atoms with Gasteiger partial charge in [-0.2, -0.15) is 0 Å². The highest BCUT2D eigenvalue weighted by Gasteiger charge is 2.37. The molecule has 2 aliphatic rings. The van der Waals surface area contributed by atoms with Crippen molar-refractivity contribution >= 4 is 17.2 Å². The third kappa shape index (κ3) is 2.93. The molecule has 1 aromatic rings. The standard InChI is InChI=1S/C17H25NOS/c19-16(14-7-2-1-3-8-14)18-13-17(10-4-5-11-17)15-9-6-12-20-15/h6,9,12,14H,1-5,7-8,10-11,13H2,(H,18,19). The average Bonchev–Trinajstić information content (AvgIpc) is 3.17. The molecular formula is C17H25NOS. The Hall–Kier alpha value is -0.830. The number of amides is 1. The van der Waals surface area contributed by atoms with Gasteiger partial charge in [-0.25, -0.2) is 0 Å². The van der Waals surface area contributed by atoms with E-state index in [9.17, 15) is 4.79 Å². The molecule has 0 radical (unpaired) electrons. The Bertz CT molecular complexity index is 428. The molecule has 1 aromatic heterocycles. The van der Waals surface area contributed by atoms with Crippen molar-refractivity contribution in [3.8, 4) is 0 Å². The molecule has 0 atom stereocenters. The lowest BCUT2D eigenvalue weighted by molar-refractivity contribution is -0.126. The second-order valence-corrected chi connectivity index (χ2v) is 7.47. The maximum Gasteiger partial charge on any atom is 0.223 e. The Morgan fingerprint density at radius 1 is 1.20 bits per heavy atom. The SMILES string of the molecule is O=C(NCC1(c2cccs2)CCCC1)C1CCCCC1. The number of nitrogens with one attached hydrogen (secondary N) is 1. The van der Waals surface area contributed by atoms with Crippen LogP contribution in [-0.2, 0) is 10.2 Å².